The fourth-order valence-corrected chi connectivity index (χ4v) is 5.29. The van der Waals surface area contributed by atoms with Crippen LogP contribution in [0.2, 0.25) is 0 Å². The van der Waals surface area contributed by atoms with Crippen LogP contribution in [-0.2, 0) is 24.0 Å². The number of thiazole rings is 1. The lowest BCUT2D eigenvalue weighted by Crippen LogP contribution is -2.47. The van der Waals surface area contributed by atoms with Crippen LogP contribution in [0.25, 0.3) is 0 Å². The molecule has 3 aromatic rings. The molecule has 0 aliphatic carbocycles. The van der Waals surface area contributed by atoms with Gasteiger partial charge < -0.3 is 15.2 Å². The van der Waals surface area contributed by atoms with Crippen molar-refractivity contribution in [2.24, 2.45) is 0 Å². The van der Waals surface area contributed by atoms with Gasteiger partial charge in [0, 0.05) is 17.0 Å². The second-order valence-electron chi connectivity index (χ2n) is 10.4. The lowest BCUT2D eigenvalue weighted by molar-refractivity contribution is 0.0405. The third kappa shape index (κ3) is 9.40. The van der Waals surface area contributed by atoms with Gasteiger partial charge in [-0.25, -0.2) is 9.78 Å². The summed E-state index contributed by atoms with van der Waals surface area (Å²) in [5, 5.41) is 15.5. The number of carbonyl (C=O) groups excluding carboxylic acids is 1. The Morgan fingerprint density at radius 2 is 1.64 bits per heavy atom. The third-order valence-corrected chi connectivity index (χ3v) is 7.23. The number of hydrogen-bond acceptors (Lipinski definition) is 5. The molecule has 2 N–H and O–H groups in total. The molecule has 3 rings (SSSR count). The van der Waals surface area contributed by atoms with Crippen molar-refractivity contribution in [1.82, 2.24) is 10.3 Å². The van der Waals surface area contributed by atoms with E-state index in [2.05, 4.69) is 24.4 Å². The van der Waals surface area contributed by atoms with E-state index in [-0.39, 0.29) is 5.92 Å². The van der Waals surface area contributed by atoms with Crippen LogP contribution >= 0.6 is 11.3 Å². The van der Waals surface area contributed by atoms with E-state index in [1.807, 2.05) is 75.5 Å². The van der Waals surface area contributed by atoms with Crippen LogP contribution in [-0.4, -0.2) is 33.9 Å². The number of alkyl carbamates (subject to hydrolysis) is 1. The SMILES string of the molecule is CCCCc1cnc([C@H](Cc2ccccc2)C[C@H](O)[C@H](Cc2ccccc2)NC(=O)OC(C)(C)C)s1. The van der Waals surface area contributed by atoms with E-state index in [4.69, 9.17) is 9.72 Å². The number of aromatic nitrogens is 1. The average molecular weight is 509 g/mol. The van der Waals surface area contributed by atoms with E-state index in [9.17, 15) is 9.90 Å². The van der Waals surface area contributed by atoms with Crippen molar-refractivity contribution in [1.29, 1.82) is 0 Å². The Morgan fingerprint density at radius 1 is 1.03 bits per heavy atom. The molecule has 0 aliphatic rings. The predicted molar refractivity (Wildman–Crippen MR) is 148 cm³/mol. The number of nitrogens with zero attached hydrogens (tertiary/aromatic N) is 1. The zero-order valence-electron chi connectivity index (χ0n) is 21.9. The molecule has 0 spiro atoms. The highest BCUT2D eigenvalue weighted by Crippen LogP contribution is 2.31. The minimum absolute atomic E-state index is 0.0430. The van der Waals surface area contributed by atoms with Crippen molar-refractivity contribution in [3.05, 3.63) is 87.9 Å². The van der Waals surface area contributed by atoms with Crippen LogP contribution in [0.5, 0.6) is 0 Å². The molecule has 1 amide bonds. The van der Waals surface area contributed by atoms with Crippen molar-refractivity contribution >= 4 is 17.4 Å². The molecule has 36 heavy (non-hydrogen) atoms. The summed E-state index contributed by atoms with van der Waals surface area (Å²) >= 11 is 1.75. The number of amides is 1. The molecule has 1 aromatic heterocycles. The molecule has 0 radical (unpaired) electrons. The van der Waals surface area contributed by atoms with E-state index in [1.54, 1.807) is 11.3 Å². The van der Waals surface area contributed by atoms with Crippen LogP contribution in [0.4, 0.5) is 4.79 Å². The maximum absolute atomic E-state index is 12.7. The molecule has 0 saturated heterocycles. The Kier molecular flexibility index (Phi) is 10.5. The largest absolute Gasteiger partial charge is 0.444 e. The van der Waals surface area contributed by atoms with Crippen LogP contribution in [0.3, 0.4) is 0 Å². The molecule has 3 atom stereocenters. The Bertz CT molecular complexity index is 1050. The number of aliphatic hydroxyl groups excluding tert-OH is 1. The second-order valence-corrected chi connectivity index (χ2v) is 11.5. The molecule has 0 saturated carbocycles. The van der Waals surface area contributed by atoms with Crippen LogP contribution in [0, 0.1) is 0 Å². The van der Waals surface area contributed by atoms with Crippen molar-refractivity contribution in [3.63, 3.8) is 0 Å². The van der Waals surface area contributed by atoms with Crippen molar-refractivity contribution in [3.8, 4) is 0 Å². The molecule has 6 heteroatoms. The smallest absolute Gasteiger partial charge is 0.407 e. The number of hydrogen-bond donors (Lipinski definition) is 2. The number of unbranched alkanes of at least 4 members (excludes halogenated alkanes) is 1. The van der Waals surface area contributed by atoms with Gasteiger partial charge in [-0.2, -0.15) is 0 Å². The van der Waals surface area contributed by atoms with Gasteiger partial charge in [0.25, 0.3) is 0 Å². The Labute approximate surface area is 219 Å². The van der Waals surface area contributed by atoms with Crippen LogP contribution in [0.1, 0.15) is 73.9 Å². The monoisotopic (exact) mass is 508 g/mol. The number of carbonyl (C=O) groups is 1. The number of ether oxygens (including phenoxy) is 1. The van der Waals surface area contributed by atoms with Gasteiger partial charge in [-0.1, -0.05) is 74.0 Å². The van der Waals surface area contributed by atoms with E-state index < -0.39 is 23.8 Å². The molecule has 0 bridgehead atoms. The lowest BCUT2D eigenvalue weighted by atomic mass is 9.89. The van der Waals surface area contributed by atoms with Gasteiger partial charge in [0.2, 0.25) is 0 Å². The number of aliphatic hydroxyl groups is 1. The quantitative estimate of drug-likeness (QED) is 0.286. The van der Waals surface area contributed by atoms with Crippen molar-refractivity contribution in [2.45, 2.75) is 89.9 Å². The summed E-state index contributed by atoms with van der Waals surface area (Å²) in [6.45, 7) is 7.71. The summed E-state index contributed by atoms with van der Waals surface area (Å²) in [5.41, 5.74) is 1.64. The van der Waals surface area contributed by atoms with Crippen LogP contribution in [0.15, 0.2) is 66.9 Å². The minimum atomic E-state index is -0.769. The van der Waals surface area contributed by atoms with E-state index in [1.165, 1.54) is 10.4 Å². The normalized spacial score (nSPS) is 14.1. The molecular weight excluding hydrogens is 468 g/mol. The Morgan fingerprint density at radius 3 is 2.22 bits per heavy atom. The maximum atomic E-state index is 12.7. The first kappa shape index (κ1) is 27.9. The fraction of sp³-hybridized carbons (Fsp3) is 0.467. The lowest BCUT2D eigenvalue weighted by Gasteiger charge is -2.29. The summed E-state index contributed by atoms with van der Waals surface area (Å²) in [4.78, 5) is 18.7. The second kappa shape index (κ2) is 13.6. The average Bonchev–Trinajstić information content (AvgIpc) is 3.31. The first-order chi connectivity index (χ1) is 17.2. The standard InChI is InChI=1S/C30H40N2O3S/c1-5-6-17-25-21-31-28(36-25)24(18-22-13-9-7-10-14-22)20-27(33)26(19-23-15-11-8-12-16-23)32-29(34)35-30(2,3)4/h7-16,21,24,26-27,33H,5-6,17-20H2,1-4H3,(H,32,34)/t24-,26+,27+/m1/s1. The van der Waals surface area contributed by atoms with Gasteiger partial charge in [-0.15, -0.1) is 11.3 Å². The number of benzene rings is 2. The van der Waals surface area contributed by atoms with Gasteiger partial charge in [-0.05, 0) is 64.0 Å². The van der Waals surface area contributed by atoms with E-state index in [0.717, 1.165) is 36.3 Å². The van der Waals surface area contributed by atoms with E-state index >= 15 is 0 Å². The zero-order valence-corrected chi connectivity index (χ0v) is 22.8. The van der Waals surface area contributed by atoms with Gasteiger partial charge in [0.15, 0.2) is 0 Å². The Hall–Kier alpha value is -2.70. The van der Waals surface area contributed by atoms with Crippen LogP contribution < -0.4 is 5.32 Å². The molecule has 0 unspecified atom stereocenters. The minimum Gasteiger partial charge on any atom is -0.444 e. The zero-order chi connectivity index (χ0) is 26.0. The predicted octanol–water partition coefficient (Wildman–Crippen LogP) is 6.70. The fourth-order valence-electron chi connectivity index (χ4n) is 4.21. The van der Waals surface area contributed by atoms with E-state index in [0.29, 0.717) is 12.8 Å². The molecule has 2 aromatic carbocycles. The molecule has 5 nitrogen and oxygen atoms in total. The first-order valence-electron chi connectivity index (χ1n) is 12.9. The molecule has 1 heterocycles. The van der Waals surface area contributed by atoms with Crippen molar-refractivity contribution < 1.29 is 14.6 Å². The van der Waals surface area contributed by atoms with Gasteiger partial charge in [0.05, 0.1) is 17.2 Å². The van der Waals surface area contributed by atoms with Gasteiger partial charge >= 0.3 is 6.09 Å². The summed E-state index contributed by atoms with van der Waals surface area (Å²) in [5.74, 6) is 0.0430. The highest BCUT2D eigenvalue weighted by molar-refractivity contribution is 7.11. The number of aryl methyl sites for hydroxylation is 1. The molecular formula is C30H40N2O3S. The highest BCUT2D eigenvalue weighted by Gasteiger charge is 2.29. The van der Waals surface area contributed by atoms with Gasteiger partial charge in [-0.3, -0.25) is 0 Å². The summed E-state index contributed by atoms with van der Waals surface area (Å²) in [7, 11) is 0. The number of rotatable bonds is 12. The molecule has 0 fully saturated rings. The highest BCUT2D eigenvalue weighted by atomic mass is 32.1. The summed E-state index contributed by atoms with van der Waals surface area (Å²) in [6, 6.07) is 19.8. The molecule has 0 aliphatic heterocycles. The first-order valence-corrected chi connectivity index (χ1v) is 13.7. The van der Waals surface area contributed by atoms with Gasteiger partial charge in [0.1, 0.15) is 5.60 Å². The topological polar surface area (TPSA) is 71.5 Å². The summed E-state index contributed by atoms with van der Waals surface area (Å²) < 4.78 is 5.51. The maximum Gasteiger partial charge on any atom is 0.407 e. The summed E-state index contributed by atoms with van der Waals surface area (Å²) in [6.07, 6.45) is 5.81. The third-order valence-electron chi connectivity index (χ3n) is 6.01. The number of nitrogens with one attached hydrogen (secondary N) is 1. The molecule has 194 valence electrons. The van der Waals surface area contributed by atoms with Crippen molar-refractivity contribution in [2.75, 3.05) is 0 Å². The Balaban J connectivity index is 1.81.